The second-order valence-electron chi connectivity index (χ2n) is 3.80. The third-order valence-corrected chi connectivity index (χ3v) is 4.53. The van der Waals surface area contributed by atoms with Crippen molar-refractivity contribution in [2.24, 2.45) is 0 Å². The fraction of sp³-hybridized carbons (Fsp3) is 0.364. The lowest BCUT2D eigenvalue weighted by Gasteiger charge is -2.12. The molecule has 1 fully saturated rings. The van der Waals surface area contributed by atoms with Gasteiger partial charge in [-0.15, -0.1) is 0 Å². The van der Waals surface area contributed by atoms with Crippen molar-refractivity contribution in [3.63, 3.8) is 0 Å². The Balaban J connectivity index is 1.98. The molecule has 1 atom stereocenters. The second-order valence-corrected chi connectivity index (χ2v) is 6.10. The number of nitrogens with zero attached hydrogens (tertiary/aromatic N) is 2. The maximum absolute atomic E-state index is 4.65. The van der Waals surface area contributed by atoms with Crippen LogP contribution in [0.3, 0.4) is 0 Å². The molecule has 15 heavy (non-hydrogen) atoms. The molecule has 1 unspecified atom stereocenters. The Morgan fingerprint density at radius 3 is 3.00 bits per heavy atom. The van der Waals surface area contributed by atoms with Gasteiger partial charge in [-0.05, 0) is 18.6 Å². The van der Waals surface area contributed by atoms with E-state index in [2.05, 4.69) is 44.0 Å². The first-order valence-corrected chi connectivity index (χ1v) is 6.81. The summed E-state index contributed by atoms with van der Waals surface area (Å²) in [5, 5.41) is 1.16. The van der Waals surface area contributed by atoms with Crippen LogP contribution in [0.4, 0.5) is 5.13 Å². The average molecular weight is 283 g/mol. The molecule has 78 valence electrons. The Morgan fingerprint density at radius 1 is 1.40 bits per heavy atom. The van der Waals surface area contributed by atoms with Crippen molar-refractivity contribution >= 4 is 42.6 Å². The van der Waals surface area contributed by atoms with Crippen molar-refractivity contribution in [1.29, 1.82) is 0 Å². The molecule has 1 aromatic carbocycles. The van der Waals surface area contributed by atoms with Crippen LogP contribution in [0.1, 0.15) is 6.42 Å². The van der Waals surface area contributed by atoms with Crippen LogP contribution >= 0.6 is 27.3 Å². The van der Waals surface area contributed by atoms with Gasteiger partial charge in [0.15, 0.2) is 5.13 Å². The van der Waals surface area contributed by atoms with Crippen LogP contribution < -0.4 is 4.90 Å². The number of hydrogen-bond acceptors (Lipinski definition) is 3. The van der Waals surface area contributed by atoms with E-state index in [4.69, 9.17) is 0 Å². The Kier molecular flexibility index (Phi) is 2.41. The highest BCUT2D eigenvalue weighted by molar-refractivity contribution is 9.09. The molecule has 0 saturated carbocycles. The highest BCUT2D eigenvalue weighted by Crippen LogP contribution is 2.31. The van der Waals surface area contributed by atoms with Gasteiger partial charge in [0.25, 0.3) is 0 Å². The molecule has 1 aromatic heterocycles. The predicted octanol–water partition coefficient (Wildman–Crippen LogP) is 3.27. The van der Waals surface area contributed by atoms with Gasteiger partial charge in [-0.2, -0.15) is 0 Å². The van der Waals surface area contributed by atoms with E-state index >= 15 is 0 Å². The minimum atomic E-state index is 0.629. The normalized spacial score (nSPS) is 21.4. The summed E-state index contributed by atoms with van der Waals surface area (Å²) in [6.07, 6.45) is 1.22. The smallest absolute Gasteiger partial charge is 0.186 e. The molecule has 1 saturated heterocycles. The number of alkyl halides is 1. The number of aromatic nitrogens is 1. The monoisotopic (exact) mass is 282 g/mol. The molecular weight excluding hydrogens is 272 g/mol. The average Bonchev–Trinajstić information content (AvgIpc) is 2.82. The molecule has 0 aliphatic carbocycles. The third-order valence-electron chi connectivity index (χ3n) is 2.68. The maximum atomic E-state index is 4.65. The van der Waals surface area contributed by atoms with Crippen LogP contribution in [0, 0.1) is 0 Å². The molecule has 3 rings (SSSR count). The van der Waals surface area contributed by atoms with Crippen LogP contribution in [-0.4, -0.2) is 22.9 Å². The van der Waals surface area contributed by atoms with E-state index in [1.165, 1.54) is 11.1 Å². The molecule has 2 heterocycles. The number of fused-ring (bicyclic) bond motifs is 1. The SMILES string of the molecule is BrC1CCN(c2nc3ccccc3s2)C1. The van der Waals surface area contributed by atoms with Crippen molar-refractivity contribution in [2.75, 3.05) is 18.0 Å². The van der Waals surface area contributed by atoms with E-state index in [-0.39, 0.29) is 0 Å². The molecule has 0 radical (unpaired) electrons. The van der Waals surface area contributed by atoms with Gasteiger partial charge in [0, 0.05) is 17.9 Å². The Labute approximate surface area is 101 Å². The van der Waals surface area contributed by atoms with Gasteiger partial charge in [0.1, 0.15) is 0 Å². The molecule has 0 amide bonds. The van der Waals surface area contributed by atoms with Crippen molar-refractivity contribution in [2.45, 2.75) is 11.2 Å². The van der Waals surface area contributed by atoms with Gasteiger partial charge in [-0.3, -0.25) is 0 Å². The fourth-order valence-electron chi connectivity index (χ4n) is 1.89. The topological polar surface area (TPSA) is 16.1 Å². The Morgan fingerprint density at radius 2 is 2.27 bits per heavy atom. The molecular formula is C11H11BrN2S. The zero-order valence-electron chi connectivity index (χ0n) is 8.19. The summed E-state index contributed by atoms with van der Waals surface area (Å²) in [6, 6.07) is 8.33. The summed E-state index contributed by atoms with van der Waals surface area (Å²) in [5.74, 6) is 0. The van der Waals surface area contributed by atoms with Gasteiger partial charge >= 0.3 is 0 Å². The van der Waals surface area contributed by atoms with E-state index < -0.39 is 0 Å². The number of para-hydroxylation sites is 1. The van der Waals surface area contributed by atoms with E-state index in [0.29, 0.717) is 4.83 Å². The molecule has 2 aromatic rings. The summed E-state index contributed by atoms with van der Waals surface area (Å²) in [6.45, 7) is 2.20. The molecule has 0 bridgehead atoms. The molecule has 4 heteroatoms. The van der Waals surface area contributed by atoms with Crippen LogP contribution in [0.2, 0.25) is 0 Å². The fourth-order valence-corrected chi connectivity index (χ4v) is 3.44. The number of benzene rings is 1. The van der Waals surface area contributed by atoms with E-state index in [1.807, 2.05) is 6.07 Å². The number of thiazole rings is 1. The molecule has 0 N–H and O–H groups in total. The predicted molar refractivity (Wildman–Crippen MR) is 69.2 cm³/mol. The van der Waals surface area contributed by atoms with Crippen molar-refractivity contribution in [1.82, 2.24) is 4.98 Å². The highest BCUT2D eigenvalue weighted by atomic mass is 79.9. The molecule has 2 nitrogen and oxygen atoms in total. The highest BCUT2D eigenvalue weighted by Gasteiger charge is 2.22. The maximum Gasteiger partial charge on any atom is 0.186 e. The van der Waals surface area contributed by atoms with Gasteiger partial charge < -0.3 is 4.90 Å². The molecule has 1 aliphatic rings. The van der Waals surface area contributed by atoms with E-state index in [9.17, 15) is 0 Å². The summed E-state index contributed by atoms with van der Waals surface area (Å²) in [5.41, 5.74) is 1.12. The van der Waals surface area contributed by atoms with Gasteiger partial charge in [0.2, 0.25) is 0 Å². The van der Waals surface area contributed by atoms with E-state index in [1.54, 1.807) is 11.3 Å². The zero-order valence-corrected chi connectivity index (χ0v) is 10.6. The van der Waals surface area contributed by atoms with Gasteiger partial charge in [0.05, 0.1) is 10.2 Å². The number of rotatable bonds is 1. The lowest BCUT2D eigenvalue weighted by atomic mass is 10.3. The minimum absolute atomic E-state index is 0.629. The first-order chi connectivity index (χ1) is 7.33. The van der Waals surface area contributed by atoms with E-state index in [0.717, 1.165) is 23.7 Å². The van der Waals surface area contributed by atoms with Crippen LogP contribution in [0.25, 0.3) is 10.2 Å². The Bertz CT molecular complexity index is 449. The van der Waals surface area contributed by atoms with Crippen molar-refractivity contribution in [3.05, 3.63) is 24.3 Å². The first-order valence-electron chi connectivity index (χ1n) is 5.07. The van der Waals surface area contributed by atoms with Crippen molar-refractivity contribution < 1.29 is 0 Å². The Hall–Kier alpha value is -0.610. The van der Waals surface area contributed by atoms with Crippen molar-refractivity contribution in [3.8, 4) is 0 Å². The standard InChI is InChI=1S/C11H11BrN2S/c12-8-5-6-14(7-8)11-13-9-3-1-2-4-10(9)15-11/h1-4,8H,5-7H2. The summed E-state index contributed by atoms with van der Waals surface area (Å²) in [4.78, 5) is 7.65. The molecule has 1 aliphatic heterocycles. The summed E-state index contributed by atoms with van der Waals surface area (Å²) >= 11 is 5.45. The van der Waals surface area contributed by atoms with Gasteiger partial charge in [-0.1, -0.05) is 39.4 Å². The zero-order chi connectivity index (χ0) is 10.3. The third kappa shape index (κ3) is 1.76. The lowest BCUT2D eigenvalue weighted by Crippen LogP contribution is -2.19. The summed E-state index contributed by atoms with van der Waals surface area (Å²) < 4.78 is 1.28. The number of hydrogen-bond donors (Lipinski definition) is 0. The lowest BCUT2D eigenvalue weighted by molar-refractivity contribution is 0.961. The second kappa shape index (κ2) is 3.76. The molecule has 0 spiro atoms. The summed E-state index contributed by atoms with van der Waals surface area (Å²) in [7, 11) is 0. The van der Waals surface area contributed by atoms with Crippen LogP contribution in [-0.2, 0) is 0 Å². The largest absolute Gasteiger partial charge is 0.347 e. The number of anilines is 1. The van der Waals surface area contributed by atoms with Crippen LogP contribution in [0.15, 0.2) is 24.3 Å². The number of halogens is 1. The van der Waals surface area contributed by atoms with Crippen LogP contribution in [0.5, 0.6) is 0 Å². The van der Waals surface area contributed by atoms with Gasteiger partial charge in [-0.25, -0.2) is 4.98 Å². The first kappa shape index (κ1) is 9.60. The minimum Gasteiger partial charge on any atom is -0.347 e. The quantitative estimate of drug-likeness (QED) is 0.747.